The van der Waals surface area contributed by atoms with Crippen LogP contribution in [0.3, 0.4) is 0 Å². The predicted octanol–water partition coefficient (Wildman–Crippen LogP) is 6.21. The standard InChI is InChI=1S/C22H12Cl2FN5OS2/c23-11-1-7-15-18(9-11)33-20(19(15)24)21(31)27-22(32)26-13-4-8-16-17(10-13)29-30(28-16)14-5-2-12(25)3-6-14/h1-10H,(H2,26,27,31,32). The Bertz CT molecular complexity index is 1550. The molecule has 3 aromatic carbocycles. The van der Waals surface area contributed by atoms with E-state index < -0.39 is 5.91 Å². The largest absolute Gasteiger partial charge is 0.332 e. The number of hydrogen-bond acceptors (Lipinski definition) is 5. The summed E-state index contributed by atoms with van der Waals surface area (Å²) in [5, 5.41) is 16.2. The van der Waals surface area contributed by atoms with Gasteiger partial charge in [0.1, 0.15) is 21.7 Å². The van der Waals surface area contributed by atoms with Gasteiger partial charge in [0.15, 0.2) is 5.11 Å². The van der Waals surface area contributed by atoms with Crippen LogP contribution in [0.5, 0.6) is 0 Å². The summed E-state index contributed by atoms with van der Waals surface area (Å²) >= 11 is 18.9. The summed E-state index contributed by atoms with van der Waals surface area (Å²) in [5.41, 5.74) is 2.50. The smallest absolute Gasteiger partial charge is 0.269 e. The fourth-order valence-corrected chi connectivity index (χ4v) is 5.09. The molecule has 33 heavy (non-hydrogen) atoms. The first-order valence-electron chi connectivity index (χ1n) is 9.50. The second-order valence-electron chi connectivity index (χ2n) is 6.96. The van der Waals surface area contributed by atoms with Crippen LogP contribution in [0.2, 0.25) is 10.0 Å². The van der Waals surface area contributed by atoms with E-state index in [1.54, 1.807) is 48.5 Å². The first kappa shape index (κ1) is 21.7. The third kappa shape index (κ3) is 4.40. The molecule has 2 heterocycles. The van der Waals surface area contributed by atoms with Crippen LogP contribution < -0.4 is 10.6 Å². The number of anilines is 1. The quantitative estimate of drug-likeness (QED) is 0.279. The van der Waals surface area contributed by atoms with Crippen LogP contribution in [-0.4, -0.2) is 26.0 Å². The number of thiophene rings is 1. The van der Waals surface area contributed by atoms with Gasteiger partial charge in [0.25, 0.3) is 5.91 Å². The molecule has 6 nitrogen and oxygen atoms in total. The van der Waals surface area contributed by atoms with Crippen molar-refractivity contribution >= 4 is 84.6 Å². The number of carbonyl (C=O) groups is 1. The van der Waals surface area contributed by atoms with Crippen molar-refractivity contribution in [2.24, 2.45) is 0 Å². The van der Waals surface area contributed by atoms with E-state index in [0.29, 0.717) is 37.3 Å². The molecule has 0 aliphatic heterocycles. The van der Waals surface area contributed by atoms with E-state index in [2.05, 4.69) is 20.8 Å². The molecule has 0 saturated heterocycles. The molecule has 1 amide bonds. The van der Waals surface area contributed by atoms with Gasteiger partial charge in [-0.2, -0.15) is 4.80 Å². The highest BCUT2D eigenvalue weighted by Gasteiger charge is 2.18. The first-order valence-corrected chi connectivity index (χ1v) is 11.5. The highest BCUT2D eigenvalue weighted by molar-refractivity contribution is 7.80. The first-order chi connectivity index (χ1) is 15.9. The lowest BCUT2D eigenvalue weighted by atomic mass is 10.2. The Hall–Kier alpha value is -3.11. The van der Waals surface area contributed by atoms with Gasteiger partial charge in [0.2, 0.25) is 0 Å². The fourth-order valence-electron chi connectivity index (χ4n) is 3.19. The highest BCUT2D eigenvalue weighted by atomic mass is 35.5. The number of aromatic nitrogens is 3. The van der Waals surface area contributed by atoms with Crippen molar-refractivity contribution in [3.63, 3.8) is 0 Å². The summed E-state index contributed by atoms with van der Waals surface area (Å²) in [6.45, 7) is 0. The summed E-state index contributed by atoms with van der Waals surface area (Å²) in [6.07, 6.45) is 0. The molecule has 2 N–H and O–H groups in total. The number of nitrogens with zero attached hydrogens (tertiary/aromatic N) is 3. The van der Waals surface area contributed by atoms with Crippen molar-refractivity contribution in [1.29, 1.82) is 0 Å². The third-order valence-electron chi connectivity index (χ3n) is 4.72. The SMILES string of the molecule is O=C(NC(=S)Nc1ccc2nn(-c3ccc(F)cc3)nc2c1)c1sc2cc(Cl)ccc2c1Cl. The predicted molar refractivity (Wildman–Crippen MR) is 134 cm³/mol. The van der Waals surface area contributed by atoms with E-state index in [9.17, 15) is 9.18 Å². The van der Waals surface area contributed by atoms with Crippen molar-refractivity contribution in [3.8, 4) is 5.69 Å². The summed E-state index contributed by atoms with van der Waals surface area (Å²) < 4.78 is 14.0. The zero-order chi connectivity index (χ0) is 23.1. The van der Waals surface area contributed by atoms with Crippen LogP contribution in [0, 0.1) is 5.82 Å². The Labute approximate surface area is 205 Å². The lowest BCUT2D eigenvalue weighted by Gasteiger charge is -2.08. The van der Waals surface area contributed by atoms with Crippen LogP contribution in [0.25, 0.3) is 26.8 Å². The minimum atomic E-state index is -0.418. The fraction of sp³-hybridized carbons (Fsp3) is 0. The number of nitrogens with one attached hydrogen (secondary N) is 2. The number of carbonyl (C=O) groups excluding carboxylic acids is 1. The van der Waals surface area contributed by atoms with Crippen LogP contribution in [-0.2, 0) is 0 Å². The maximum Gasteiger partial charge on any atom is 0.269 e. The molecule has 0 spiro atoms. The van der Waals surface area contributed by atoms with Crippen molar-refractivity contribution in [2.45, 2.75) is 0 Å². The molecule has 0 bridgehead atoms. The van der Waals surface area contributed by atoms with Crippen LogP contribution in [0.4, 0.5) is 10.1 Å². The summed E-state index contributed by atoms with van der Waals surface area (Å²) in [7, 11) is 0. The van der Waals surface area contributed by atoms with Crippen molar-refractivity contribution in [2.75, 3.05) is 5.32 Å². The van der Waals surface area contributed by atoms with E-state index in [-0.39, 0.29) is 10.9 Å². The Morgan fingerprint density at radius 2 is 1.76 bits per heavy atom. The molecule has 11 heteroatoms. The average molecular weight is 516 g/mol. The summed E-state index contributed by atoms with van der Waals surface area (Å²) in [6, 6.07) is 16.4. The lowest BCUT2D eigenvalue weighted by molar-refractivity contribution is 0.0982. The molecule has 0 radical (unpaired) electrons. The van der Waals surface area contributed by atoms with Crippen molar-refractivity contribution in [3.05, 3.63) is 81.4 Å². The number of rotatable bonds is 3. The molecule has 5 aromatic rings. The van der Waals surface area contributed by atoms with Crippen LogP contribution in [0.15, 0.2) is 60.7 Å². The summed E-state index contributed by atoms with van der Waals surface area (Å²) in [5.74, 6) is -0.753. The van der Waals surface area contributed by atoms with Gasteiger partial charge in [-0.15, -0.1) is 21.5 Å². The van der Waals surface area contributed by atoms with Crippen LogP contribution >= 0.6 is 46.8 Å². The van der Waals surface area contributed by atoms with E-state index in [0.717, 1.165) is 10.1 Å². The molecule has 0 atom stereocenters. The van der Waals surface area contributed by atoms with Gasteiger partial charge in [-0.3, -0.25) is 10.1 Å². The zero-order valence-electron chi connectivity index (χ0n) is 16.5. The maximum atomic E-state index is 13.2. The monoisotopic (exact) mass is 515 g/mol. The molecule has 164 valence electrons. The van der Waals surface area contributed by atoms with Gasteiger partial charge < -0.3 is 5.32 Å². The lowest BCUT2D eigenvalue weighted by Crippen LogP contribution is -2.33. The minimum Gasteiger partial charge on any atom is -0.332 e. The second-order valence-corrected chi connectivity index (χ2v) is 9.24. The molecule has 0 saturated carbocycles. The van der Waals surface area contributed by atoms with Crippen LogP contribution in [0.1, 0.15) is 9.67 Å². The van der Waals surface area contributed by atoms with E-state index >= 15 is 0 Å². The zero-order valence-corrected chi connectivity index (χ0v) is 19.6. The average Bonchev–Trinajstić information content (AvgIpc) is 3.34. The second kappa shape index (κ2) is 8.68. The summed E-state index contributed by atoms with van der Waals surface area (Å²) in [4.78, 5) is 14.5. The molecule has 0 unspecified atom stereocenters. The number of fused-ring (bicyclic) bond motifs is 2. The number of amides is 1. The van der Waals surface area contributed by atoms with Gasteiger partial charge in [0.05, 0.1) is 10.7 Å². The molecular weight excluding hydrogens is 504 g/mol. The van der Waals surface area contributed by atoms with E-state index in [4.69, 9.17) is 35.4 Å². The number of benzene rings is 3. The van der Waals surface area contributed by atoms with Crippen molar-refractivity contribution in [1.82, 2.24) is 20.3 Å². The Morgan fingerprint density at radius 1 is 1.00 bits per heavy atom. The number of hydrogen-bond donors (Lipinski definition) is 2. The molecule has 0 fully saturated rings. The normalized spacial score (nSPS) is 11.1. The topological polar surface area (TPSA) is 71.8 Å². The highest BCUT2D eigenvalue weighted by Crippen LogP contribution is 2.36. The van der Waals surface area contributed by atoms with Crippen molar-refractivity contribution < 1.29 is 9.18 Å². The molecular formula is C22H12Cl2FN5OS2. The Balaban J connectivity index is 1.32. The van der Waals surface area contributed by atoms with E-state index in [1.807, 2.05) is 0 Å². The maximum absolute atomic E-state index is 13.2. The number of thiocarbonyl (C=S) groups is 1. The van der Waals surface area contributed by atoms with Gasteiger partial charge in [-0.05, 0) is 66.8 Å². The Kier molecular flexibility index (Phi) is 5.71. The minimum absolute atomic E-state index is 0.108. The van der Waals surface area contributed by atoms with Gasteiger partial charge >= 0.3 is 0 Å². The Morgan fingerprint density at radius 3 is 2.55 bits per heavy atom. The number of halogens is 3. The molecule has 2 aromatic heterocycles. The molecule has 0 aliphatic rings. The van der Waals surface area contributed by atoms with Gasteiger partial charge in [-0.1, -0.05) is 29.3 Å². The van der Waals surface area contributed by atoms with Gasteiger partial charge in [-0.25, -0.2) is 4.39 Å². The molecule has 5 rings (SSSR count). The van der Waals surface area contributed by atoms with E-state index in [1.165, 1.54) is 28.3 Å². The third-order valence-corrected chi connectivity index (χ3v) is 6.82. The molecule has 0 aliphatic carbocycles. The van der Waals surface area contributed by atoms with Gasteiger partial charge in [0, 0.05) is 20.8 Å².